The topological polar surface area (TPSA) is 163 Å². The lowest BCUT2D eigenvalue weighted by atomic mass is 9.72. The Hall–Kier alpha value is -2.50. The number of carbonyl (C=O) groups is 2. The van der Waals surface area contributed by atoms with Crippen molar-refractivity contribution in [2.75, 3.05) is 7.11 Å². The quantitative estimate of drug-likeness (QED) is 0.184. The van der Waals surface area contributed by atoms with Crippen LogP contribution in [0.2, 0.25) is 0 Å². The average Bonchev–Trinajstić information content (AvgIpc) is 2.90. The van der Waals surface area contributed by atoms with Crippen LogP contribution in [-0.2, 0) is 25.4 Å². The number of hydrogen-bond acceptors (Lipinski definition) is 10. The summed E-state index contributed by atoms with van der Waals surface area (Å²) in [6.07, 6.45) is -4.07. The molecule has 1 aromatic rings. The fourth-order valence-corrected chi connectivity index (χ4v) is 5.81. The fourth-order valence-electron chi connectivity index (χ4n) is 5.81. The molecule has 1 unspecified atom stereocenters. The molecule has 230 valence electrons. The molecule has 0 aliphatic carbocycles. The molecule has 1 saturated heterocycles. The highest BCUT2D eigenvalue weighted by atomic mass is 16.5. The average molecular weight is 579 g/mol. The van der Waals surface area contributed by atoms with Crippen molar-refractivity contribution < 1.29 is 49.3 Å². The van der Waals surface area contributed by atoms with E-state index in [1.807, 2.05) is 13.8 Å². The van der Waals surface area contributed by atoms with Crippen molar-refractivity contribution in [2.45, 2.75) is 116 Å². The molecule has 10 heteroatoms. The number of hydrogen-bond donors (Lipinski definition) is 5. The number of esters is 1. The van der Waals surface area contributed by atoms with Crippen LogP contribution in [-0.4, -0.2) is 87.1 Å². The molecule has 5 N–H and O–H groups in total. The molecular formula is C31H46O10. The van der Waals surface area contributed by atoms with Gasteiger partial charge in [0.15, 0.2) is 5.78 Å². The zero-order valence-electron chi connectivity index (χ0n) is 24.9. The number of phenols is 2. The normalized spacial score (nSPS) is 26.8. The van der Waals surface area contributed by atoms with E-state index in [1.54, 1.807) is 20.8 Å². The Morgan fingerprint density at radius 2 is 1.90 bits per heavy atom. The minimum Gasteiger partial charge on any atom is -0.508 e. The van der Waals surface area contributed by atoms with Gasteiger partial charge in [-0.15, -0.1) is 6.58 Å². The molecule has 0 radical (unpaired) electrons. The maximum absolute atomic E-state index is 12.7. The minimum atomic E-state index is -1.30. The van der Waals surface area contributed by atoms with E-state index >= 15 is 0 Å². The van der Waals surface area contributed by atoms with Crippen LogP contribution in [0.25, 0.3) is 0 Å². The third-order valence-electron chi connectivity index (χ3n) is 8.96. The van der Waals surface area contributed by atoms with Crippen LogP contribution in [0.5, 0.6) is 11.5 Å². The molecule has 8 atom stereocenters. The van der Waals surface area contributed by atoms with E-state index in [9.17, 15) is 35.1 Å². The van der Waals surface area contributed by atoms with E-state index in [2.05, 4.69) is 6.58 Å². The zero-order valence-corrected chi connectivity index (χ0v) is 24.9. The highest BCUT2D eigenvalue weighted by Crippen LogP contribution is 2.42. The van der Waals surface area contributed by atoms with Crippen LogP contribution in [0.3, 0.4) is 0 Å². The lowest BCUT2D eigenvalue weighted by molar-refractivity contribution is -0.188. The van der Waals surface area contributed by atoms with Crippen LogP contribution < -0.4 is 0 Å². The summed E-state index contributed by atoms with van der Waals surface area (Å²) in [6, 6.07) is 1.12. The number of carbonyl (C=O) groups excluding carboxylic acids is 2. The first-order valence-electron chi connectivity index (χ1n) is 14.2. The second kappa shape index (κ2) is 13.2. The summed E-state index contributed by atoms with van der Waals surface area (Å²) in [5.41, 5.74) is 1.07. The predicted octanol–water partition coefficient (Wildman–Crippen LogP) is 3.11. The van der Waals surface area contributed by atoms with Crippen LogP contribution in [0.1, 0.15) is 81.3 Å². The molecule has 10 nitrogen and oxygen atoms in total. The third-order valence-corrected chi connectivity index (χ3v) is 8.96. The Kier molecular flexibility index (Phi) is 10.6. The van der Waals surface area contributed by atoms with Crippen molar-refractivity contribution in [3.8, 4) is 11.5 Å². The molecule has 2 aliphatic rings. The molecule has 0 saturated carbocycles. The highest BCUT2D eigenvalue weighted by Gasteiger charge is 2.46. The van der Waals surface area contributed by atoms with Crippen molar-refractivity contribution in [2.24, 2.45) is 11.3 Å². The largest absolute Gasteiger partial charge is 0.508 e. The van der Waals surface area contributed by atoms with Gasteiger partial charge in [-0.1, -0.05) is 26.3 Å². The van der Waals surface area contributed by atoms with E-state index in [-0.39, 0.29) is 48.5 Å². The molecule has 2 heterocycles. The lowest BCUT2D eigenvalue weighted by Crippen LogP contribution is -2.52. The van der Waals surface area contributed by atoms with E-state index in [4.69, 9.17) is 14.2 Å². The molecule has 41 heavy (non-hydrogen) atoms. The Morgan fingerprint density at radius 1 is 1.24 bits per heavy atom. The molecule has 1 aromatic carbocycles. The summed E-state index contributed by atoms with van der Waals surface area (Å²) in [5.74, 6) is -2.09. The van der Waals surface area contributed by atoms with Gasteiger partial charge in [-0.05, 0) is 37.8 Å². The highest BCUT2D eigenvalue weighted by molar-refractivity contribution is 5.96. The van der Waals surface area contributed by atoms with E-state index in [0.29, 0.717) is 24.0 Å². The summed E-state index contributed by atoms with van der Waals surface area (Å²) in [6.45, 7) is 12.7. The fraction of sp³-hybridized carbons (Fsp3) is 0.677. The Labute approximate surface area is 241 Å². The van der Waals surface area contributed by atoms with Gasteiger partial charge in [-0.3, -0.25) is 4.79 Å². The molecule has 0 aromatic heterocycles. The summed E-state index contributed by atoms with van der Waals surface area (Å²) < 4.78 is 17.2. The van der Waals surface area contributed by atoms with Crippen molar-refractivity contribution >= 4 is 11.8 Å². The first-order chi connectivity index (χ1) is 19.1. The summed E-state index contributed by atoms with van der Waals surface area (Å²) in [4.78, 5) is 25.4. The lowest BCUT2D eigenvalue weighted by Gasteiger charge is -2.47. The summed E-state index contributed by atoms with van der Waals surface area (Å²) in [7, 11) is 1.44. The van der Waals surface area contributed by atoms with Gasteiger partial charge in [0, 0.05) is 50.2 Å². The van der Waals surface area contributed by atoms with Crippen molar-refractivity contribution in [3.63, 3.8) is 0 Å². The number of ether oxygens (including phenoxy) is 3. The number of fused-ring (bicyclic) bond motifs is 1. The monoisotopic (exact) mass is 578 g/mol. The van der Waals surface area contributed by atoms with Gasteiger partial charge in [-0.25, -0.2) is 4.79 Å². The molecule has 2 aliphatic heterocycles. The number of methoxy groups -OCH3 is 1. The SMILES string of the molecule is C=C(C)CC(OC)[C@H](O)C(=O)CC[C@@H]1C[C@@H](O)C(C)(C)[C@@H](C[C@H](O)[C@@H](C)[C@H]2Cc3c(C)c(O)cc(O)c3C(=O)O2)O1. The zero-order chi connectivity index (χ0) is 30.8. The Balaban J connectivity index is 1.66. The number of ketones is 1. The number of aliphatic hydroxyl groups is 3. The predicted molar refractivity (Wildman–Crippen MR) is 151 cm³/mol. The van der Waals surface area contributed by atoms with Crippen molar-refractivity contribution in [1.29, 1.82) is 0 Å². The third kappa shape index (κ3) is 7.29. The standard InChI is InChI=1S/C31H46O10/c1-15(2)10-25(39-7)29(37)20(32)9-8-18-11-26(36)31(5,6)27(40-18)14-22(34)17(4)24-12-19-16(3)21(33)13-23(35)28(19)30(38)41-24/h13,17-18,22,24-27,29,33-37H,1,8-12,14H2,2-7H3/t17-,18-,22+,24-,25?,26-,27-,29-/m1/s1. The maximum Gasteiger partial charge on any atom is 0.342 e. The number of rotatable bonds is 12. The second-order valence-corrected chi connectivity index (χ2v) is 12.4. The number of cyclic esters (lactones) is 1. The van der Waals surface area contributed by atoms with Gasteiger partial charge >= 0.3 is 5.97 Å². The number of benzene rings is 1. The number of aromatic hydroxyl groups is 2. The number of Topliss-reactive ketones (excluding diaryl/α,β-unsaturated/α-hetero) is 1. The van der Waals surface area contributed by atoms with Gasteiger partial charge < -0.3 is 39.7 Å². The van der Waals surface area contributed by atoms with Crippen LogP contribution in [0, 0.1) is 18.3 Å². The first-order valence-corrected chi connectivity index (χ1v) is 14.2. The number of aliphatic hydroxyl groups excluding tert-OH is 3. The van der Waals surface area contributed by atoms with Gasteiger partial charge in [0.2, 0.25) is 0 Å². The molecule has 3 rings (SSSR count). The van der Waals surface area contributed by atoms with Crippen molar-refractivity contribution in [1.82, 2.24) is 0 Å². The van der Waals surface area contributed by atoms with Gasteiger partial charge in [0.05, 0.1) is 30.5 Å². The first kappa shape index (κ1) is 33.0. The van der Waals surface area contributed by atoms with E-state index in [1.165, 1.54) is 7.11 Å². The maximum atomic E-state index is 12.7. The summed E-state index contributed by atoms with van der Waals surface area (Å²) >= 11 is 0. The molecule has 0 amide bonds. The minimum absolute atomic E-state index is 0.0251. The van der Waals surface area contributed by atoms with Crippen LogP contribution >= 0.6 is 0 Å². The van der Waals surface area contributed by atoms with Crippen LogP contribution in [0.4, 0.5) is 0 Å². The smallest absolute Gasteiger partial charge is 0.342 e. The number of phenolic OH excluding ortho intramolecular Hbond substituents is 2. The van der Waals surface area contributed by atoms with E-state index in [0.717, 1.165) is 11.6 Å². The molecule has 1 fully saturated rings. The Bertz CT molecular complexity index is 1130. The molecule has 0 spiro atoms. The van der Waals surface area contributed by atoms with Gasteiger partial charge in [0.1, 0.15) is 29.3 Å². The van der Waals surface area contributed by atoms with Gasteiger partial charge in [-0.2, -0.15) is 0 Å². The molecular weight excluding hydrogens is 532 g/mol. The molecule has 0 bridgehead atoms. The second-order valence-electron chi connectivity index (χ2n) is 12.4. The van der Waals surface area contributed by atoms with Crippen molar-refractivity contribution in [3.05, 3.63) is 34.9 Å². The Morgan fingerprint density at radius 3 is 2.51 bits per heavy atom. The summed E-state index contributed by atoms with van der Waals surface area (Å²) in [5, 5.41) is 53.0. The van der Waals surface area contributed by atoms with Gasteiger partial charge in [0.25, 0.3) is 0 Å². The van der Waals surface area contributed by atoms with E-state index < -0.39 is 60.0 Å². The van der Waals surface area contributed by atoms with Crippen LogP contribution in [0.15, 0.2) is 18.2 Å².